The van der Waals surface area contributed by atoms with Crippen molar-refractivity contribution in [2.75, 3.05) is 16.8 Å². The molecule has 3 amide bonds. The number of hydrogen-bond donors (Lipinski definition) is 1. The second-order valence-corrected chi connectivity index (χ2v) is 10.3. The van der Waals surface area contributed by atoms with Crippen molar-refractivity contribution in [1.82, 2.24) is 0 Å². The lowest BCUT2D eigenvalue weighted by Crippen LogP contribution is -2.31. The van der Waals surface area contributed by atoms with Crippen LogP contribution >= 0.6 is 23.2 Å². The minimum Gasteiger partial charge on any atom is -0.452 e. The SMILES string of the molecule is O=C(COC(=O)c1cccc(N2C(=O)[C@@H]3CC[C@@H](c4ccccc4)C[C@H]3C2=O)c1)Nc1ccc(Cl)c(Cl)c1. The quantitative estimate of drug-likeness (QED) is 0.306. The average molecular weight is 551 g/mol. The summed E-state index contributed by atoms with van der Waals surface area (Å²) < 4.78 is 5.15. The van der Waals surface area contributed by atoms with Crippen LogP contribution in [0.1, 0.15) is 41.1 Å². The van der Waals surface area contributed by atoms with Crippen molar-refractivity contribution in [3.63, 3.8) is 0 Å². The largest absolute Gasteiger partial charge is 0.452 e. The van der Waals surface area contributed by atoms with Gasteiger partial charge in [-0.1, -0.05) is 59.6 Å². The van der Waals surface area contributed by atoms with E-state index in [0.29, 0.717) is 29.2 Å². The third-order valence-corrected chi connectivity index (χ3v) is 7.81. The van der Waals surface area contributed by atoms with E-state index in [4.69, 9.17) is 27.9 Å². The molecule has 38 heavy (non-hydrogen) atoms. The van der Waals surface area contributed by atoms with Crippen molar-refractivity contribution in [3.05, 3.63) is 94.0 Å². The molecule has 1 heterocycles. The van der Waals surface area contributed by atoms with Gasteiger partial charge in [-0.3, -0.25) is 19.3 Å². The molecule has 0 unspecified atom stereocenters. The van der Waals surface area contributed by atoms with Gasteiger partial charge in [-0.15, -0.1) is 0 Å². The van der Waals surface area contributed by atoms with Crippen LogP contribution in [0.3, 0.4) is 0 Å². The summed E-state index contributed by atoms with van der Waals surface area (Å²) in [5, 5.41) is 3.20. The van der Waals surface area contributed by atoms with Crippen LogP contribution in [0.25, 0.3) is 0 Å². The zero-order valence-corrected chi connectivity index (χ0v) is 21.7. The first-order chi connectivity index (χ1) is 18.3. The van der Waals surface area contributed by atoms with Gasteiger partial charge in [-0.2, -0.15) is 0 Å². The van der Waals surface area contributed by atoms with Crippen molar-refractivity contribution < 1.29 is 23.9 Å². The summed E-state index contributed by atoms with van der Waals surface area (Å²) in [6.07, 6.45) is 2.10. The molecule has 2 aliphatic rings. The fourth-order valence-electron chi connectivity index (χ4n) is 5.22. The maximum Gasteiger partial charge on any atom is 0.338 e. The first-order valence-electron chi connectivity index (χ1n) is 12.3. The third-order valence-electron chi connectivity index (χ3n) is 7.07. The monoisotopic (exact) mass is 550 g/mol. The first kappa shape index (κ1) is 25.9. The number of hydrogen-bond acceptors (Lipinski definition) is 5. The number of halogens is 2. The van der Waals surface area contributed by atoms with Crippen molar-refractivity contribution in [2.45, 2.75) is 25.2 Å². The van der Waals surface area contributed by atoms with E-state index >= 15 is 0 Å². The molecule has 1 saturated heterocycles. The lowest BCUT2D eigenvalue weighted by atomic mass is 9.73. The number of carbonyl (C=O) groups excluding carboxylic acids is 4. The Balaban J connectivity index is 1.24. The van der Waals surface area contributed by atoms with E-state index in [1.165, 1.54) is 34.7 Å². The van der Waals surface area contributed by atoms with E-state index in [9.17, 15) is 19.2 Å². The number of imide groups is 1. The van der Waals surface area contributed by atoms with Crippen molar-refractivity contribution in [2.24, 2.45) is 11.8 Å². The van der Waals surface area contributed by atoms with Gasteiger partial charge in [-0.25, -0.2) is 4.79 Å². The smallest absolute Gasteiger partial charge is 0.338 e. The number of nitrogens with zero attached hydrogens (tertiary/aromatic N) is 1. The van der Waals surface area contributed by atoms with Gasteiger partial charge < -0.3 is 10.1 Å². The number of nitrogens with one attached hydrogen (secondary N) is 1. The second-order valence-electron chi connectivity index (χ2n) is 9.45. The highest BCUT2D eigenvalue weighted by Crippen LogP contribution is 2.45. The zero-order chi connectivity index (χ0) is 26.8. The molecular formula is C29H24Cl2N2O5. The second kappa shape index (κ2) is 11.0. The van der Waals surface area contributed by atoms with Gasteiger partial charge >= 0.3 is 5.97 Å². The van der Waals surface area contributed by atoms with Crippen molar-refractivity contribution in [1.29, 1.82) is 0 Å². The number of amides is 3. The summed E-state index contributed by atoms with van der Waals surface area (Å²) in [5.74, 6) is -2.31. The van der Waals surface area contributed by atoms with Crippen LogP contribution in [-0.2, 0) is 19.1 Å². The van der Waals surface area contributed by atoms with E-state index in [1.807, 2.05) is 18.2 Å². The Kier molecular flexibility index (Phi) is 7.49. The summed E-state index contributed by atoms with van der Waals surface area (Å²) in [6, 6.07) is 20.8. The van der Waals surface area contributed by atoms with E-state index in [2.05, 4.69) is 17.4 Å². The number of ether oxygens (including phenoxy) is 1. The lowest BCUT2D eigenvalue weighted by molar-refractivity contribution is -0.122. The summed E-state index contributed by atoms with van der Waals surface area (Å²) in [4.78, 5) is 52.6. The summed E-state index contributed by atoms with van der Waals surface area (Å²) in [7, 11) is 0. The zero-order valence-electron chi connectivity index (χ0n) is 20.2. The minimum atomic E-state index is -0.753. The van der Waals surface area contributed by atoms with Crippen LogP contribution in [0, 0.1) is 11.8 Å². The highest BCUT2D eigenvalue weighted by Gasteiger charge is 2.50. The normalized spacial score (nSPS) is 20.7. The molecule has 194 valence electrons. The molecule has 1 N–H and O–H groups in total. The molecular weight excluding hydrogens is 527 g/mol. The van der Waals surface area contributed by atoms with Crippen LogP contribution in [0.4, 0.5) is 11.4 Å². The van der Waals surface area contributed by atoms with Gasteiger partial charge in [0.05, 0.1) is 33.1 Å². The molecule has 5 rings (SSSR count). The Bertz CT molecular complexity index is 1410. The van der Waals surface area contributed by atoms with Crippen LogP contribution in [0.2, 0.25) is 10.0 Å². The van der Waals surface area contributed by atoms with Crippen molar-refractivity contribution >= 4 is 58.3 Å². The molecule has 0 aromatic heterocycles. The molecule has 0 spiro atoms. The molecule has 0 radical (unpaired) electrons. The van der Waals surface area contributed by atoms with Gasteiger partial charge in [0, 0.05) is 5.69 Å². The van der Waals surface area contributed by atoms with Gasteiger partial charge in [0.2, 0.25) is 11.8 Å². The fraction of sp³-hybridized carbons (Fsp3) is 0.241. The Morgan fingerprint density at radius 3 is 2.39 bits per heavy atom. The molecule has 1 aliphatic carbocycles. The third kappa shape index (κ3) is 5.30. The standard InChI is InChI=1S/C29H24Cl2N2O5/c30-24-12-10-20(15-25(24)31)32-26(34)16-38-29(37)19-7-4-8-21(13-19)33-27(35)22-11-9-18(14-23(22)28(33)36)17-5-2-1-3-6-17/h1-8,10,12-13,15,18,22-23H,9,11,14,16H2,(H,32,34)/t18-,22-,23-/m1/s1. The lowest BCUT2D eigenvalue weighted by Gasteiger charge is -2.28. The maximum atomic E-state index is 13.4. The Labute approximate surface area is 229 Å². The molecule has 1 aliphatic heterocycles. The van der Waals surface area contributed by atoms with E-state index in [1.54, 1.807) is 18.2 Å². The van der Waals surface area contributed by atoms with Crippen molar-refractivity contribution in [3.8, 4) is 0 Å². The van der Waals surface area contributed by atoms with Crippen LogP contribution in [0.5, 0.6) is 0 Å². The predicted octanol–water partition coefficient (Wildman–Crippen LogP) is 5.86. The van der Waals surface area contributed by atoms with Crippen LogP contribution in [-0.4, -0.2) is 30.3 Å². The molecule has 0 bridgehead atoms. The van der Waals surface area contributed by atoms with Gasteiger partial charge in [0.15, 0.2) is 6.61 Å². The Morgan fingerprint density at radius 1 is 0.868 bits per heavy atom. The Hall–Kier alpha value is -3.68. The van der Waals surface area contributed by atoms with E-state index in [0.717, 1.165) is 6.42 Å². The van der Waals surface area contributed by atoms with Gasteiger partial charge in [0.25, 0.3) is 5.91 Å². The van der Waals surface area contributed by atoms with E-state index < -0.39 is 18.5 Å². The maximum absolute atomic E-state index is 13.4. The molecule has 2 fully saturated rings. The van der Waals surface area contributed by atoms with Gasteiger partial charge in [0.1, 0.15) is 0 Å². The summed E-state index contributed by atoms with van der Waals surface area (Å²) in [6.45, 7) is -0.532. The Morgan fingerprint density at radius 2 is 1.63 bits per heavy atom. The number of fused-ring (bicyclic) bond motifs is 1. The van der Waals surface area contributed by atoms with Gasteiger partial charge in [-0.05, 0) is 67.1 Å². The summed E-state index contributed by atoms with van der Waals surface area (Å²) in [5.41, 5.74) is 2.03. The van der Waals surface area contributed by atoms with Crippen LogP contribution in [0.15, 0.2) is 72.8 Å². The van der Waals surface area contributed by atoms with E-state index in [-0.39, 0.29) is 40.2 Å². The molecule has 3 aromatic carbocycles. The number of carbonyl (C=O) groups is 4. The summed E-state index contributed by atoms with van der Waals surface area (Å²) >= 11 is 11.8. The average Bonchev–Trinajstić information content (AvgIpc) is 3.19. The molecule has 7 nitrogen and oxygen atoms in total. The highest BCUT2D eigenvalue weighted by atomic mass is 35.5. The fourth-order valence-corrected chi connectivity index (χ4v) is 5.52. The highest BCUT2D eigenvalue weighted by molar-refractivity contribution is 6.42. The number of benzene rings is 3. The molecule has 9 heteroatoms. The van der Waals surface area contributed by atoms with Crippen LogP contribution < -0.4 is 10.2 Å². The first-order valence-corrected chi connectivity index (χ1v) is 13.0. The topological polar surface area (TPSA) is 92.8 Å². The predicted molar refractivity (Wildman–Crippen MR) is 144 cm³/mol. The number of anilines is 2. The molecule has 3 aromatic rings. The number of rotatable bonds is 6. The molecule has 3 atom stereocenters. The number of esters is 1. The molecule has 1 saturated carbocycles. The minimum absolute atomic E-state index is 0.127.